The van der Waals surface area contributed by atoms with Gasteiger partial charge in [0.15, 0.2) is 0 Å². The van der Waals surface area contributed by atoms with Crippen molar-refractivity contribution in [3.05, 3.63) is 41.3 Å². The second-order valence-corrected chi connectivity index (χ2v) is 7.98. The normalized spacial score (nSPS) is 11.1. The number of sulfonamides is 1. The second kappa shape index (κ2) is 8.84. The molecule has 0 atom stereocenters. The lowest BCUT2D eigenvalue weighted by Gasteiger charge is -2.11. The lowest BCUT2D eigenvalue weighted by molar-refractivity contribution is -0.119. The van der Waals surface area contributed by atoms with Gasteiger partial charge in [-0.25, -0.2) is 13.1 Å². The predicted octanol–water partition coefficient (Wildman–Crippen LogP) is 1.40. The van der Waals surface area contributed by atoms with Crippen molar-refractivity contribution in [2.24, 2.45) is 0 Å². The first-order chi connectivity index (χ1) is 12.0. The molecule has 2 aromatic rings. The Hall–Kier alpha value is -2.10. The van der Waals surface area contributed by atoms with Crippen LogP contribution in [0.15, 0.2) is 39.9 Å². The smallest absolute Gasteiger partial charge is 0.250 e. The fraction of sp³-hybridized carbons (Fsp3) is 0.312. The van der Waals surface area contributed by atoms with Crippen LogP contribution in [0.1, 0.15) is 5.56 Å². The third-order valence-electron chi connectivity index (χ3n) is 3.39. The maximum Gasteiger partial charge on any atom is 0.250 e. The molecule has 7 nitrogen and oxygen atoms in total. The molecule has 1 amide bonds. The van der Waals surface area contributed by atoms with Gasteiger partial charge in [0.2, 0.25) is 5.91 Å². The number of nitrogens with one attached hydrogen (secondary N) is 2. The highest BCUT2D eigenvalue weighted by atomic mass is 32.2. The molecule has 25 heavy (non-hydrogen) atoms. The van der Waals surface area contributed by atoms with E-state index < -0.39 is 15.9 Å². The van der Waals surface area contributed by atoms with E-state index in [4.69, 9.17) is 9.47 Å². The third-order valence-corrected chi connectivity index (χ3v) is 6.19. The zero-order chi connectivity index (χ0) is 18.3. The minimum Gasteiger partial charge on any atom is -0.497 e. The molecular formula is C16H20N2O5S2. The van der Waals surface area contributed by atoms with Gasteiger partial charge in [-0.15, -0.1) is 11.3 Å². The third kappa shape index (κ3) is 5.45. The summed E-state index contributed by atoms with van der Waals surface area (Å²) in [6, 6.07) is 8.55. The van der Waals surface area contributed by atoms with E-state index in [1.807, 2.05) is 6.07 Å². The van der Waals surface area contributed by atoms with Crippen molar-refractivity contribution in [2.45, 2.75) is 10.6 Å². The fourth-order valence-electron chi connectivity index (χ4n) is 2.12. The molecule has 0 saturated carbocycles. The first-order valence-corrected chi connectivity index (χ1v) is 9.83. The maximum absolute atomic E-state index is 11.9. The Labute approximate surface area is 151 Å². The second-order valence-electron chi connectivity index (χ2n) is 5.03. The van der Waals surface area contributed by atoms with Crippen LogP contribution in [-0.2, 0) is 21.2 Å². The molecule has 0 unspecified atom stereocenters. The van der Waals surface area contributed by atoms with Crippen LogP contribution >= 0.6 is 11.3 Å². The number of hydrogen-bond acceptors (Lipinski definition) is 6. The average Bonchev–Trinajstić information content (AvgIpc) is 3.15. The number of ether oxygens (including phenoxy) is 2. The van der Waals surface area contributed by atoms with Crippen molar-refractivity contribution in [2.75, 3.05) is 27.3 Å². The van der Waals surface area contributed by atoms with Crippen LogP contribution in [0.5, 0.6) is 11.5 Å². The van der Waals surface area contributed by atoms with Gasteiger partial charge in [-0.2, -0.15) is 0 Å². The first kappa shape index (κ1) is 19.2. The van der Waals surface area contributed by atoms with Gasteiger partial charge in [0.05, 0.1) is 20.8 Å². The SMILES string of the molecule is COc1ccc(OC)c(CCNC(=O)CNS(=O)(=O)c2cccs2)c1. The number of benzene rings is 1. The Morgan fingerprint density at radius 3 is 2.64 bits per heavy atom. The van der Waals surface area contributed by atoms with Gasteiger partial charge in [-0.1, -0.05) is 6.07 Å². The zero-order valence-corrected chi connectivity index (χ0v) is 15.6. The highest BCUT2D eigenvalue weighted by molar-refractivity contribution is 7.91. The monoisotopic (exact) mass is 384 g/mol. The van der Waals surface area contributed by atoms with Crippen molar-refractivity contribution in [3.8, 4) is 11.5 Å². The molecule has 0 aliphatic rings. The van der Waals surface area contributed by atoms with Gasteiger partial charge >= 0.3 is 0 Å². The quantitative estimate of drug-likeness (QED) is 0.682. The number of rotatable bonds is 9. The minimum atomic E-state index is -3.64. The van der Waals surface area contributed by atoms with Crippen LogP contribution in [0.2, 0.25) is 0 Å². The summed E-state index contributed by atoms with van der Waals surface area (Å²) >= 11 is 1.10. The van der Waals surface area contributed by atoms with Crippen molar-refractivity contribution >= 4 is 27.3 Å². The number of hydrogen-bond donors (Lipinski definition) is 2. The molecule has 0 aliphatic heterocycles. The van der Waals surface area contributed by atoms with Crippen molar-refractivity contribution < 1.29 is 22.7 Å². The largest absolute Gasteiger partial charge is 0.497 e. The van der Waals surface area contributed by atoms with Crippen molar-refractivity contribution in [1.29, 1.82) is 0 Å². The van der Waals surface area contributed by atoms with E-state index in [1.54, 1.807) is 37.8 Å². The van der Waals surface area contributed by atoms with Gasteiger partial charge in [0.1, 0.15) is 15.7 Å². The molecule has 0 aliphatic carbocycles. The van der Waals surface area contributed by atoms with Gasteiger partial charge < -0.3 is 14.8 Å². The Morgan fingerprint density at radius 1 is 1.20 bits per heavy atom. The van der Waals surface area contributed by atoms with Crippen LogP contribution in [0.4, 0.5) is 0 Å². The zero-order valence-electron chi connectivity index (χ0n) is 13.9. The van der Waals surface area contributed by atoms with Crippen LogP contribution < -0.4 is 19.5 Å². The average molecular weight is 384 g/mol. The Balaban J connectivity index is 1.83. The molecule has 136 valence electrons. The summed E-state index contributed by atoms with van der Waals surface area (Å²) in [6.07, 6.45) is 0.532. The van der Waals surface area contributed by atoms with E-state index in [0.29, 0.717) is 24.5 Å². The number of amides is 1. The standard InChI is InChI=1S/C16H20N2O5S2/c1-22-13-5-6-14(23-2)12(10-13)7-8-17-15(19)11-18-25(20,21)16-4-3-9-24-16/h3-6,9-10,18H,7-8,11H2,1-2H3,(H,17,19). The highest BCUT2D eigenvalue weighted by Crippen LogP contribution is 2.24. The molecule has 0 spiro atoms. The van der Waals surface area contributed by atoms with E-state index in [1.165, 1.54) is 6.07 Å². The molecule has 9 heteroatoms. The molecule has 2 rings (SSSR count). The topological polar surface area (TPSA) is 93.7 Å². The Morgan fingerprint density at radius 2 is 2.00 bits per heavy atom. The lowest BCUT2D eigenvalue weighted by Crippen LogP contribution is -2.37. The van der Waals surface area contributed by atoms with Gasteiger partial charge in [-0.05, 0) is 41.6 Å². The summed E-state index contributed by atoms with van der Waals surface area (Å²) < 4.78 is 36.8. The molecule has 0 bridgehead atoms. The summed E-state index contributed by atoms with van der Waals surface area (Å²) in [4.78, 5) is 11.8. The highest BCUT2D eigenvalue weighted by Gasteiger charge is 2.16. The molecule has 0 radical (unpaired) electrons. The predicted molar refractivity (Wildman–Crippen MR) is 95.8 cm³/mol. The molecule has 0 saturated heterocycles. The summed E-state index contributed by atoms with van der Waals surface area (Å²) in [5.74, 6) is 1.00. The molecule has 2 N–H and O–H groups in total. The van der Waals surface area contributed by atoms with Crippen LogP contribution in [0.3, 0.4) is 0 Å². The van der Waals surface area contributed by atoms with Gasteiger partial charge in [0, 0.05) is 6.54 Å². The van der Waals surface area contributed by atoms with E-state index in [2.05, 4.69) is 10.0 Å². The van der Waals surface area contributed by atoms with Crippen molar-refractivity contribution in [1.82, 2.24) is 10.0 Å². The number of thiophene rings is 1. The van der Waals surface area contributed by atoms with E-state index in [-0.39, 0.29) is 10.8 Å². The molecule has 0 fully saturated rings. The summed E-state index contributed by atoms with van der Waals surface area (Å²) in [7, 11) is -0.489. The summed E-state index contributed by atoms with van der Waals surface area (Å²) in [5, 5.41) is 4.34. The van der Waals surface area contributed by atoms with E-state index in [9.17, 15) is 13.2 Å². The minimum absolute atomic E-state index is 0.182. The fourth-order valence-corrected chi connectivity index (χ4v) is 4.14. The van der Waals surface area contributed by atoms with E-state index >= 15 is 0 Å². The first-order valence-electron chi connectivity index (χ1n) is 7.47. The van der Waals surface area contributed by atoms with Crippen LogP contribution in [-0.4, -0.2) is 41.6 Å². The Kier molecular flexibility index (Phi) is 6.80. The maximum atomic E-state index is 11.9. The van der Waals surface area contributed by atoms with Crippen LogP contribution in [0.25, 0.3) is 0 Å². The molecule has 1 heterocycles. The number of carbonyl (C=O) groups is 1. The molecule has 1 aromatic heterocycles. The van der Waals surface area contributed by atoms with Gasteiger partial charge in [0.25, 0.3) is 10.0 Å². The summed E-state index contributed by atoms with van der Waals surface area (Å²) in [6.45, 7) is 0.0402. The van der Waals surface area contributed by atoms with Crippen LogP contribution in [0, 0.1) is 0 Å². The van der Waals surface area contributed by atoms with Crippen molar-refractivity contribution in [3.63, 3.8) is 0 Å². The summed E-state index contributed by atoms with van der Waals surface area (Å²) in [5.41, 5.74) is 0.890. The Bertz CT molecular complexity index is 804. The van der Waals surface area contributed by atoms with E-state index in [0.717, 1.165) is 16.9 Å². The number of carbonyl (C=O) groups excluding carboxylic acids is 1. The molecule has 1 aromatic carbocycles. The van der Waals surface area contributed by atoms with Gasteiger partial charge in [-0.3, -0.25) is 4.79 Å². The lowest BCUT2D eigenvalue weighted by atomic mass is 10.1. The number of methoxy groups -OCH3 is 2. The molecular weight excluding hydrogens is 364 g/mol.